The summed E-state index contributed by atoms with van der Waals surface area (Å²) in [5.74, 6) is -0.366. The maximum atomic E-state index is 13.5. The molecule has 2 aromatic carbocycles. The standard InChI is InChI=1S/C21H19Cl2FN2O2S2/c22-15-9-14(10-16(24)12-15)11-17-13-29-21(25-17)26-7-5-18(6-8-26)30(27,28)20-4-2-1-3-19(20)23/h1-4,9-10,12-13,18H,5-8,11H2. The normalized spacial score (nSPS) is 15.5. The Labute approximate surface area is 189 Å². The van der Waals surface area contributed by atoms with Crippen LogP contribution in [0.1, 0.15) is 24.1 Å². The van der Waals surface area contributed by atoms with Crippen molar-refractivity contribution >= 4 is 49.5 Å². The van der Waals surface area contributed by atoms with Gasteiger partial charge in [-0.2, -0.15) is 0 Å². The van der Waals surface area contributed by atoms with Crippen LogP contribution in [0.5, 0.6) is 0 Å². The molecule has 2 heterocycles. The zero-order valence-corrected chi connectivity index (χ0v) is 19.0. The number of thiazole rings is 1. The van der Waals surface area contributed by atoms with E-state index >= 15 is 0 Å². The van der Waals surface area contributed by atoms with E-state index in [1.165, 1.54) is 23.5 Å². The second-order valence-corrected chi connectivity index (χ2v) is 11.1. The third-order valence-electron chi connectivity index (χ3n) is 5.14. The van der Waals surface area contributed by atoms with Gasteiger partial charge in [0.1, 0.15) is 5.82 Å². The summed E-state index contributed by atoms with van der Waals surface area (Å²) < 4.78 is 39.5. The Morgan fingerprint density at radius 2 is 1.87 bits per heavy atom. The van der Waals surface area contributed by atoms with Gasteiger partial charge in [-0.3, -0.25) is 0 Å². The third kappa shape index (κ3) is 4.64. The van der Waals surface area contributed by atoms with Gasteiger partial charge in [-0.25, -0.2) is 17.8 Å². The molecule has 30 heavy (non-hydrogen) atoms. The zero-order chi connectivity index (χ0) is 21.3. The van der Waals surface area contributed by atoms with E-state index in [2.05, 4.69) is 9.88 Å². The van der Waals surface area contributed by atoms with Crippen LogP contribution in [-0.2, 0) is 16.3 Å². The molecule has 1 fully saturated rings. The van der Waals surface area contributed by atoms with E-state index in [1.807, 2.05) is 5.38 Å². The van der Waals surface area contributed by atoms with Crippen molar-refractivity contribution in [3.05, 3.63) is 75.0 Å². The first-order chi connectivity index (χ1) is 14.3. The maximum Gasteiger partial charge on any atom is 0.185 e. The van der Waals surface area contributed by atoms with Crippen LogP contribution in [0, 0.1) is 5.82 Å². The summed E-state index contributed by atoms with van der Waals surface area (Å²) in [6.45, 7) is 1.21. The summed E-state index contributed by atoms with van der Waals surface area (Å²) >= 11 is 13.5. The Balaban J connectivity index is 1.42. The number of sulfone groups is 1. The molecular weight excluding hydrogens is 466 g/mol. The number of halogens is 3. The van der Waals surface area contributed by atoms with Gasteiger partial charge in [0.05, 0.1) is 20.9 Å². The molecule has 0 N–H and O–H groups in total. The Hall–Kier alpha value is -1.67. The molecule has 0 bridgehead atoms. The van der Waals surface area contributed by atoms with Gasteiger partial charge in [0.25, 0.3) is 0 Å². The fourth-order valence-corrected chi connectivity index (χ4v) is 7.04. The lowest BCUT2D eigenvalue weighted by Gasteiger charge is -2.31. The fraction of sp³-hybridized carbons (Fsp3) is 0.286. The van der Waals surface area contributed by atoms with E-state index in [0.717, 1.165) is 16.4 Å². The van der Waals surface area contributed by atoms with Crippen molar-refractivity contribution in [3.63, 3.8) is 0 Å². The van der Waals surface area contributed by atoms with Crippen LogP contribution in [0.4, 0.5) is 9.52 Å². The highest BCUT2D eigenvalue weighted by atomic mass is 35.5. The molecule has 0 atom stereocenters. The second kappa shape index (κ2) is 8.83. The molecule has 0 saturated carbocycles. The van der Waals surface area contributed by atoms with E-state index in [1.54, 1.807) is 30.3 Å². The molecule has 9 heteroatoms. The lowest BCUT2D eigenvalue weighted by atomic mass is 10.1. The van der Waals surface area contributed by atoms with Crippen LogP contribution in [0.15, 0.2) is 52.7 Å². The molecule has 4 rings (SSSR count). The van der Waals surface area contributed by atoms with Gasteiger partial charge in [-0.05, 0) is 48.7 Å². The quantitative estimate of drug-likeness (QED) is 0.471. The second-order valence-electron chi connectivity index (χ2n) is 7.24. The van der Waals surface area contributed by atoms with E-state index in [9.17, 15) is 12.8 Å². The summed E-state index contributed by atoms with van der Waals surface area (Å²) in [5.41, 5.74) is 1.60. The Morgan fingerprint density at radius 3 is 2.57 bits per heavy atom. The molecule has 4 nitrogen and oxygen atoms in total. The Kier molecular flexibility index (Phi) is 6.34. The van der Waals surface area contributed by atoms with E-state index in [0.29, 0.717) is 37.4 Å². The zero-order valence-electron chi connectivity index (χ0n) is 15.9. The van der Waals surface area contributed by atoms with Gasteiger partial charge in [0.15, 0.2) is 15.0 Å². The number of benzene rings is 2. The fourth-order valence-electron chi connectivity index (χ4n) is 3.66. The number of anilines is 1. The topological polar surface area (TPSA) is 50.3 Å². The number of hydrogen-bond acceptors (Lipinski definition) is 5. The van der Waals surface area contributed by atoms with Crippen molar-refractivity contribution in [2.45, 2.75) is 29.4 Å². The predicted octanol–water partition coefficient (Wildman–Crippen LogP) is 5.62. The van der Waals surface area contributed by atoms with E-state index in [-0.39, 0.29) is 15.7 Å². The minimum atomic E-state index is -3.47. The van der Waals surface area contributed by atoms with Crippen LogP contribution in [0.3, 0.4) is 0 Å². The monoisotopic (exact) mass is 484 g/mol. The molecule has 0 aliphatic carbocycles. The highest BCUT2D eigenvalue weighted by Gasteiger charge is 2.33. The molecule has 1 aromatic heterocycles. The molecule has 1 saturated heterocycles. The minimum Gasteiger partial charge on any atom is -0.348 e. The van der Waals surface area contributed by atoms with Gasteiger partial charge in [0, 0.05) is 29.9 Å². The Bertz CT molecular complexity index is 1140. The van der Waals surface area contributed by atoms with Gasteiger partial charge in [-0.15, -0.1) is 11.3 Å². The largest absolute Gasteiger partial charge is 0.348 e. The van der Waals surface area contributed by atoms with Crippen LogP contribution < -0.4 is 4.90 Å². The number of aromatic nitrogens is 1. The Morgan fingerprint density at radius 1 is 1.13 bits per heavy atom. The molecule has 158 valence electrons. The molecule has 3 aromatic rings. The first-order valence-corrected chi connectivity index (χ1v) is 12.6. The van der Waals surface area contributed by atoms with Gasteiger partial charge >= 0.3 is 0 Å². The summed E-state index contributed by atoms with van der Waals surface area (Å²) in [5, 5.41) is 2.97. The minimum absolute atomic E-state index is 0.204. The van der Waals surface area contributed by atoms with Crippen LogP contribution >= 0.6 is 34.5 Å². The maximum absolute atomic E-state index is 13.5. The van der Waals surface area contributed by atoms with Crippen LogP contribution in [0.25, 0.3) is 0 Å². The summed E-state index contributed by atoms with van der Waals surface area (Å²) in [6.07, 6.45) is 1.52. The van der Waals surface area contributed by atoms with Crippen molar-refractivity contribution in [1.82, 2.24) is 4.98 Å². The highest BCUT2D eigenvalue weighted by molar-refractivity contribution is 7.92. The lowest BCUT2D eigenvalue weighted by molar-refractivity contribution is 0.529. The smallest absolute Gasteiger partial charge is 0.185 e. The summed E-state index contributed by atoms with van der Waals surface area (Å²) in [7, 11) is -3.47. The van der Waals surface area contributed by atoms with Gasteiger partial charge in [0.2, 0.25) is 0 Å². The van der Waals surface area contributed by atoms with Crippen molar-refractivity contribution in [2.24, 2.45) is 0 Å². The third-order valence-corrected chi connectivity index (χ3v) is 9.07. The first-order valence-electron chi connectivity index (χ1n) is 9.45. The van der Waals surface area contributed by atoms with Crippen molar-refractivity contribution in [1.29, 1.82) is 0 Å². The van der Waals surface area contributed by atoms with Gasteiger partial charge < -0.3 is 4.90 Å². The van der Waals surface area contributed by atoms with E-state index < -0.39 is 15.1 Å². The summed E-state index contributed by atoms with van der Waals surface area (Å²) in [4.78, 5) is 6.96. The van der Waals surface area contributed by atoms with Gasteiger partial charge in [-0.1, -0.05) is 35.3 Å². The average molecular weight is 485 g/mol. The molecule has 1 aliphatic heterocycles. The molecule has 0 unspecified atom stereocenters. The average Bonchev–Trinajstić information content (AvgIpc) is 3.16. The predicted molar refractivity (Wildman–Crippen MR) is 120 cm³/mol. The molecular formula is C21H19Cl2FN2O2S2. The molecule has 0 amide bonds. The number of rotatable bonds is 5. The molecule has 0 spiro atoms. The number of hydrogen-bond donors (Lipinski definition) is 0. The van der Waals surface area contributed by atoms with E-state index in [4.69, 9.17) is 23.2 Å². The number of nitrogens with zero attached hydrogens (tertiary/aromatic N) is 2. The van der Waals surface area contributed by atoms with Crippen molar-refractivity contribution in [2.75, 3.05) is 18.0 Å². The van der Waals surface area contributed by atoms with Crippen molar-refractivity contribution in [3.8, 4) is 0 Å². The first kappa shape index (κ1) is 21.6. The molecule has 1 aliphatic rings. The SMILES string of the molecule is O=S(=O)(c1ccccc1Cl)C1CCN(c2nc(Cc3cc(F)cc(Cl)c3)cs2)CC1. The van der Waals surface area contributed by atoms with Crippen LogP contribution in [0.2, 0.25) is 10.0 Å². The molecule has 0 radical (unpaired) electrons. The number of piperidine rings is 1. The van der Waals surface area contributed by atoms with Crippen LogP contribution in [-0.4, -0.2) is 31.7 Å². The lowest BCUT2D eigenvalue weighted by Crippen LogP contribution is -2.39. The highest BCUT2D eigenvalue weighted by Crippen LogP contribution is 2.32. The summed E-state index contributed by atoms with van der Waals surface area (Å²) in [6, 6.07) is 11.0. The van der Waals surface area contributed by atoms with Crippen molar-refractivity contribution < 1.29 is 12.8 Å².